The Morgan fingerprint density at radius 2 is 2.44 bits per heavy atom. The monoisotopic (exact) mass is 256 g/mol. The summed E-state index contributed by atoms with van der Waals surface area (Å²) in [7, 11) is 1.95. The fourth-order valence-corrected chi connectivity index (χ4v) is 2.73. The van der Waals surface area contributed by atoms with Gasteiger partial charge in [-0.3, -0.25) is 5.84 Å². The second-order valence-corrected chi connectivity index (χ2v) is 5.33. The Hall–Kier alpha value is -0.880. The van der Waals surface area contributed by atoms with Crippen molar-refractivity contribution in [1.82, 2.24) is 15.0 Å². The molecule has 0 radical (unpaired) electrons. The van der Waals surface area contributed by atoms with E-state index in [1.165, 1.54) is 4.88 Å². The predicted molar refractivity (Wildman–Crippen MR) is 66.3 cm³/mol. The summed E-state index contributed by atoms with van der Waals surface area (Å²) < 4.78 is 2.75. The van der Waals surface area contributed by atoms with Gasteiger partial charge in [-0.1, -0.05) is 11.6 Å². The van der Waals surface area contributed by atoms with E-state index in [0.717, 1.165) is 16.6 Å². The maximum Gasteiger partial charge on any atom is 0.127 e. The van der Waals surface area contributed by atoms with Gasteiger partial charge in [0.1, 0.15) is 5.82 Å². The van der Waals surface area contributed by atoms with Gasteiger partial charge < -0.3 is 4.57 Å². The fraction of sp³-hybridized carbons (Fsp3) is 0.300. The van der Waals surface area contributed by atoms with Crippen LogP contribution in [0, 0.1) is 0 Å². The zero-order chi connectivity index (χ0) is 11.5. The summed E-state index contributed by atoms with van der Waals surface area (Å²) in [5, 5.41) is 0. The van der Waals surface area contributed by atoms with Gasteiger partial charge in [0.15, 0.2) is 0 Å². The van der Waals surface area contributed by atoms with Crippen LogP contribution in [-0.2, 0) is 13.5 Å². The van der Waals surface area contributed by atoms with E-state index in [9.17, 15) is 0 Å². The summed E-state index contributed by atoms with van der Waals surface area (Å²) in [4.78, 5) is 5.47. The van der Waals surface area contributed by atoms with Gasteiger partial charge in [0.05, 0.1) is 10.4 Å². The molecule has 3 N–H and O–H groups in total. The van der Waals surface area contributed by atoms with Crippen molar-refractivity contribution in [3.8, 4) is 0 Å². The van der Waals surface area contributed by atoms with Crippen LogP contribution in [0.1, 0.15) is 16.7 Å². The lowest BCUT2D eigenvalue weighted by atomic mass is 10.2. The number of hydrogen-bond donors (Lipinski definition) is 2. The molecule has 6 heteroatoms. The number of halogens is 1. The Balaban J connectivity index is 2.15. The molecule has 4 nitrogen and oxygen atoms in total. The van der Waals surface area contributed by atoms with Crippen molar-refractivity contribution in [2.24, 2.45) is 12.9 Å². The number of hydrogen-bond acceptors (Lipinski definition) is 4. The number of rotatable bonds is 4. The molecule has 0 aliphatic rings. The molecule has 0 fully saturated rings. The van der Waals surface area contributed by atoms with Crippen LogP contribution in [0.25, 0.3) is 0 Å². The average molecular weight is 257 g/mol. The molecule has 1 atom stereocenters. The summed E-state index contributed by atoms with van der Waals surface area (Å²) in [5.74, 6) is 6.48. The number of nitrogens with two attached hydrogens (primary N) is 1. The number of imidazole rings is 1. The van der Waals surface area contributed by atoms with Crippen LogP contribution in [0.2, 0.25) is 4.34 Å². The third-order valence-electron chi connectivity index (χ3n) is 2.41. The quantitative estimate of drug-likeness (QED) is 0.649. The van der Waals surface area contributed by atoms with E-state index >= 15 is 0 Å². The number of nitrogens with one attached hydrogen (secondary N) is 1. The summed E-state index contributed by atoms with van der Waals surface area (Å²) >= 11 is 7.46. The van der Waals surface area contributed by atoms with Crippen molar-refractivity contribution in [1.29, 1.82) is 0 Å². The molecule has 0 aliphatic heterocycles. The number of nitrogens with zero attached hydrogens (tertiary/aromatic N) is 2. The third kappa shape index (κ3) is 2.44. The van der Waals surface area contributed by atoms with Crippen LogP contribution in [0.3, 0.4) is 0 Å². The van der Waals surface area contributed by atoms with Crippen molar-refractivity contribution in [3.05, 3.63) is 39.6 Å². The maximum absolute atomic E-state index is 5.89. The Morgan fingerprint density at radius 3 is 2.94 bits per heavy atom. The van der Waals surface area contributed by atoms with E-state index in [1.54, 1.807) is 17.5 Å². The van der Waals surface area contributed by atoms with Gasteiger partial charge in [-0.2, -0.15) is 0 Å². The first-order valence-corrected chi connectivity index (χ1v) is 6.07. The molecule has 86 valence electrons. The zero-order valence-electron chi connectivity index (χ0n) is 8.85. The van der Waals surface area contributed by atoms with Crippen molar-refractivity contribution in [2.75, 3.05) is 0 Å². The molecule has 0 saturated carbocycles. The topological polar surface area (TPSA) is 55.9 Å². The van der Waals surface area contributed by atoms with Crippen LogP contribution in [0.5, 0.6) is 0 Å². The number of aromatic nitrogens is 2. The molecule has 1 unspecified atom stereocenters. The molecule has 0 aromatic carbocycles. The first kappa shape index (κ1) is 11.6. The molecule has 16 heavy (non-hydrogen) atoms. The van der Waals surface area contributed by atoms with Gasteiger partial charge in [-0.05, 0) is 12.1 Å². The Kier molecular flexibility index (Phi) is 3.60. The van der Waals surface area contributed by atoms with E-state index in [4.69, 9.17) is 17.4 Å². The summed E-state index contributed by atoms with van der Waals surface area (Å²) in [6.45, 7) is 0. The molecule has 2 heterocycles. The maximum atomic E-state index is 5.89. The van der Waals surface area contributed by atoms with E-state index in [-0.39, 0.29) is 6.04 Å². The van der Waals surface area contributed by atoms with Gasteiger partial charge in [-0.25, -0.2) is 10.4 Å². The van der Waals surface area contributed by atoms with Crippen LogP contribution in [0.15, 0.2) is 24.5 Å². The summed E-state index contributed by atoms with van der Waals surface area (Å²) in [6, 6.07) is 3.92. The Labute approximate surface area is 103 Å². The van der Waals surface area contributed by atoms with Crippen LogP contribution < -0.4 is 11.3 Å². The van der Waals surface area contributed by atoms with Crippen molar-refractivity contribution >= 4 is 22.9 Å². The van der Waals surface area contributed by atoms with Gasteiger partial charge in [0.25, 0.3) is 0 Å². The lowest BCUT2D eigenvalue weighted by Gasteiger charge is -2.14. The fourth-order valence-electron chi connectivity index (χ4n) is 1.60. The third-order valence-corrected chi connectivity index (χ3v) is 3.66. The molecule has 0 spiro atoms. The molecule has 2 aromatic rings. The highest BCUT2D eigenvalue weighted by Gasteiger charge is 2.15. The minimum absolute atomic E-state index is 0.00900. The minimum Gasteiger partial charge on any atom is -0.337 e. The number of hydrazine groups is 1. The van der Waals surface area contributed by atoms with Gasteiger partial charge in [0.2, 0.25) is 0 Å². The molecule has 0 bridgehead atoms. The lowest BCUT2D eigenvalue weighted by Crippen LogP contribution is -2.31. The molecule has 2 aromatic heterocycles. The molecule has 0 saturated heterocycles. The average Bonchev–Trinajstić information content (AvgIpc) is 2.84. The second-order valence-electron chi connectivity index (χ2n) is 3.53. The van der Waals surface area contributed by atoms with Crippen LogP contribution in [0.4, 0.5) is 0 Å². The van der Waals surface area contributed by atoms with Crippen LogP contribution >= 0.6 is 22.9 Å². The van der Waals surface area contributed by atoms with E-state index in [1.807, 2.05) is 29.9 Å². The standard InChI is InChI=1S/C10H13ClN4S/c1-15-5-4-13-10(15)8(14-12)6-7-2-3-9(11)16-7/h2-5,8,14H,6,12H2,1H3. The van der Waals surface area contributed by atoms with E-state index in [2.05, 4.69) is 10.4 Å². The van der Waals surface area contributed by atoms with E-state index in [0.29, 0.717) is 0 Å². The van der Waals surface area contributed by atoms with Gasteiger partial charge in [-0.15, -0.1) is 11.3 Å². The summed E-state index contributed by atoms with van der Waals surface area (Å²) in [6.07, 6.45) is 4.46. The lowest BCUT2D eigenvalue weighted by molar-refractivity contribution is 0.510. The highest BCUT2D eigenvalue weighted by molar-refractivity contribution is 7.16. The Bertz CT molecular complexity index is 465. The predicted octanol–water partition coefficient (Wildman–Crippen LogP) is 1.88. The Morgan fingerprint density at radius 1 is 1.62 bits per heavy atom. The molecule has 0 aliphatic carbocycles. The van der Waals surface area contributed by atoms with E-state index < -0.39 is 0 Å². The molecule has 0 amide bonds. The van der Waals surface area contributed by atoms with Gasteiger partial charge >= 0.3 is 0 Å². The zero-order valence-corrected chi connectivity index (χ0v) is 10.4. The smallest absolute Gasteiger partial charge is 0.127 e. The summed E-state index contributed by atoms with van der Waals surface area (Å²) in [5.41, 5.74) is 2.78. The molecule has 2 rings (SSSR count). The SMILES string of the molecule is Cn1ccnc1C(Cc1ccc(Cl)s1)NN. The largest absolute Gasteiger partial charge is 0.337 e. The highest BCUT2D eigenvalue weighted by atomic mass is 35.5. The first-order chi connectivity index (χ1) is 7.70. The molecular weight excluding hydrogens is 244 g/mol. The molecular formula is C10H13ClN4S. The highest BCUT2D eigenvalue weighted by Crippen LogP contribution is 2.25. The van der Waals surface area contributed by atoms with Crippen LogP contribution in [-0.4, -0.2) is 9.55 Å². The van der Waals surface area contributed by atoms with Crippen molar-refractivity contribution in [2.45, 2.75) is 12.5 Å². The normalized spacial score (nSPS) is 12.9. The van der Waals surface area contributed by atoms with Crippen molar-refractivity contribution in [3.63, 3.8) is 0 Å². The number of aryl methyl sites for hydroxylation is 1. The van der Waals surface area contributed by atoms with Crippen molar-refractivity contribution < 1.29 is 0 Å². The number of thiophene rings is 1. The minimum atomic E-state index is 0.00900. The first-order valence-electron chi connectivity index (χ1n) is 4.88. The van der Waals surface area contributed by atoms with Gasteiger partial charge in [0, 0.05) is 30.7 Å². The second kappa shape index (κ2) is 4.97.